The van der Waals surface area contributed by atoms with E-state index in [1.807, 2.05) is 32.0 Å². The lowest BCUT2D eigenvalue weighted by molar-refractivity contribution is 0.104. The maximum absolute atomic E-state index is 12.3. The Bertz CT molecular complexity index is 730. The molecule has 0 amide bonds. The SMILES string of the molecule is Cc1ccc(C)c(C(=O)C=Cc2ccccc2C(=O)Cl)c1. The summed E-state index contributed by atoms with van der Waals surface area (Å²) >= 11 is 5.53. The molecule has 2 nitrogen and oxygen atoms in total. The van der Waals surface area contributed by atoms with Crippen molar-refractivity contribution >= 4 is 28.7 Å². The quantitative estimate of drug-likeness (QED) is 0.470. The van der Waals surface area contributed by atoms with Gasteiger partial charge < -0.3 is 0 Å². The normalized spacial score (nSPS) is 10.8. The molecule has 106 valence electrons. The molecule has 2 rings (SSSR count). The van der Waals surface area contributed by atoms with E-state index >= 15 is 0 Å². The number of hydrogen-bond acceptors (Lipinski definition) is 2. The predicted octanol–water partition coefficient (Wildman–Crippen LogP) is 4.58. The molecule has 0 N–H and O–H groups in total. The Labute approximate surface area is 129 Å². The van der Waals surface area contributed by atoms with Crippen LogP contribution in [-0.2, 0) is 0 Å². The van der Waals surface area contributed by atoms with Crippen LogP contribution >= 0.6 is 11.6 Å². The van der Waals surface area contributed by atoms with Crippen LogP contribution in [0.4, 0.5) is 0 Å². The number of benzene rings is 2. The molecule has 0 fully saturated rings. The summed E-state index contributed by atoms with van der Waals surface area (Å²) in [6, 6.07) is 12.7. The van der Waals surface area contributed by atoms with Crippen molar-refractivity contribution in [2.75, 3.05) is 0 Å². The number of halogens is 1. The predicted molar refractivity (Wildman–Crippen MR) is 85.9 cm³/mol. The van der Waals surface area contributed by atoms with Gasteiger partial charge in [0.2, 0.25) is 0 Å². The molecule has 2 aromatic carbocycles. The van der Waals surface area contributed by atoms with Crippen LogP contribution in [-0.4, -0.2) is 11.0 Å². The van der Waals surface area contributed by atoms with E-state index in [9.17, 15) is 9.59 Å². The summed E-state index contributed by atoms with van der Waals surface area (Å²) in [7, 11) is 0. The van der Waals surface area contributed by atoms with E-state index in [4.69, 9.17) is 11.6 Å². The first-order valence-corrected chi connectivity index (χ1v) is 6.95. The van der Waals surface area contributed by atoms with Gasteiger partial charge in [-0.2, -0.15) is 0 Å². The summed E-state index contributed by atoms with van der Waals surface area (Å²) in [5.74, 6) is -0.0898. The highest BCUT2D eigenvalue weighted by Gasteiger charge is 2.08. The summed E-state index contributed by atoms with van der Waals surface area (Å²) in [6.07, 6.45) is 3.10. The number of carbonyl (C=O) groups excluding carboxylic acids is 2. The molecule has 0 saturated carbocycles. The standard InChI is InChI=1S/C18H15ClO2/c1-12-7-8-13(2)16(11-12)17(20)10-9-14-5-3-4-6-15(14)18(19)21/h3-11H,1-2H3. The Hall–Kier alpha value is -2.19. The van der Waals surface area contributed by atoms with Crippen molar-refractivity contribution in [2.45, 2.75) is 13.8 Å². The zero-order valence-electron chi connectivity index (χ0n) is 11.9. The topological polar surface area (TPSA) is 34.1 Å². The Balaban J connectivity index is 2.31. The lowest BCUT2D eigenvalue weighted by atomic mass is 10.0. The Morgan fingerprint density at radius 2 is 1.71 bits per heavy atom. The summed E-state index contributed by atoms with van der Waals surface area (Å²) < 4.78 is 0. The Morgan fingerprint density at radius 1 is 1.00 bits per heavy atom. The average molecular weight is 299 g/mol. The smallest absolute Gasteiger partial charge is 0.252 e. The van der Waals surface area contributed by atoms with E-state index in [0.717, 1.165) is 11.1 Å². The molecule has 0 spiro atoms. The third-order valence-corrected chi connectivity index (χ3v) is 3.45. The lowest BCUT2D eigenvalue weighted by Gasteiger charge is -2.04. The first-order valence-electron chi connectivity index (χ1n) is 6.57. The van der Waals surface area contributed by atoms with Gasteiger partial charge in [-0.05, 0) is 54.8 Å². The van der Waals surface area contributed by atoms with Crippen molar-refractivity contribution in [3.05, 3.63) is 76.4 Å². The maximum Gasteiger partial charge on any atom is 0.252 e. The molecular weight excluding hydrogens is 284 g/mol. The number of aryl methyl sites for hydroxylation is 2. The first-order chi connectivity index (χ1) is 9.99. The van der Waals surface area contributed by atoms with Gasteiger partial charge in [-0.15, -0.1) is 0 Å². The third kappa shape index (κ3) is 3.67. The number of carbonyl (C=O) groups is 2. The number of rotatable bonds is 4. The van der Waals surface area contributed by atoms with Gasteiger partial charge in [-0.25, -0.2) is 0 Å². The number of ketones is 1. The van der Waals surface area contributed by atoms with Crippen LogP contribution in [0.1, 0.15) is 37.4 Å². The van der Waals surface area contributed by atoms with Crippen molar-refractivity contribution in [1.29, 1.82) is 0 Å². The van der Waals surface area contributed by atoms with E-state index in [1.165, 1.54) is 6.08 Å². The molecule has 0 radical (unpaired) electrons. The molecule has 2 aromatic rings. The highest BCUT2D eigenvalue weighted by Crippen LogP contribution is 2.16. The van der Waals surface area contributed by atoms with Gasteiger partial charge >= 0.3 is 0 Å². The van der Waals surface area contributed by atoms with Crippen molar-refractivity contribution in [3.63, 3.8) is 0 Å². The van der Waals surface area contributed by atoms with Gasteiger partial charge in [0.25, 0.3) is 5.24 Å². The van der Waals surface area contributed by atoms with E-state index < -0.39 is 5.24 Å². The zero-order valence-corrected chi connectivity index (χ0v) is 12.6. The molecule has 0 heterocycles. The van der Waals surface area contributed by atoms with Crippen LogP contribution in [0.25, 0.3) is 6.08 Å². The minimum Gasteiger partial charge on any atom is -0.289 e. The Kier molecular flexibility index (Phi) is 4.71. The Morgan fingerprint density at radius 3 is 2.43 bits per heavy atom. The van der Waals surface area contributed by atoms with Crippen LogP contribution in [0.5, 0.6) is 0 Å². The second kappa shape index (κ2) is 6.51. The van der Waals surface area contributed by atoms with E-state index in [-0.39, 0.29) is 5.78 Å². The maximum atomic E-state index is 12.3. The minimum atomic E-state index is -0.533. The van der Waals surface area contributed by atoms with Crippen molar-refractivity contribution < 1.29 is 9.59 Å². The van der Waals surface area contributed by atoms with E-state index in [2.05, 4.69) is 0 Å². The fourth-order valence-electron chi connectivity index (χ4n) is 2.08. The van der Waals surface area contributed by atoms with Crippen LogP contribution in [0.15, 0.2) is 48.5 Å². The molecule has 0 unspecified atom stereocenters. The van der Waals surface area contributed by atoms with Gasteiger partial charge in [-0.1, -0.05) is 42.0 Å². The average Bonchev–Trinajstić information content (AvgIpc) is 2.47. The summed E-state index contributed by atoms with van der Waals surface area (Å²) in [5.41, 5.74) is 3.66. The zero-order chi connectivity index (χ0) is 15.4. The van der Waals surface area contributed by atoms with Crippen LogP contribution in [0.2, 0.25) is 0 Å². The first kappa shape index (κ1) is 15.2. The van der Waals surface area contributed by atoms with Crippen molar-refractivity contribution in [3.8, 4) is 0 Å². The van der Waals surface area contributed by atoms with Crippen LogP contribution in [0, 0.1) is 13.8 Å². The summed E-state index contributed by atoms with van der Waals surface area (Å²) in [4.78, 5) is 23.6. The molecule has 21 heavy (non-hydrogen) atoms. The second-order valence-electron chi connectivity index (χ2n) is 4.88. The largest absolute Gasteiger partial charge is 0.289 e. The fraction of sp³-hybridized carbons (Fsp3) is 0.111. The van der Waals surface area contributed by atoms with Crippen LogP contribution in [0.3, 0.4) is 0 Å². The van der Waals surface area contributed by atoms with Gasteiger partial charge in [0.15, 0.2) is 5.78 Å². The summed E-state index contributed by atoms with van der Waals surface area (Å²) in [5, 5.41) is -0.533. The van der Waals surface area contributed by atoms with E-state index in [0.29, 0.717) is 16.7 Å². The lowest BCUT2D eigenvalue weighted by Crippen LogP contribution is -1.99. The number of allylic oxidation sites excluding steroid dienone is 1. The monoisotopic (exact) mass is 298 g/mol. The van der Waals surface area contributed by atoms with Crippen LogP contribution < -0.4 is 0 Å². The molecule has 0 aliphatic rings. The second-order valence-corrected chi connectivity index (χ2v) is 5.22. The highest BCUT2D eigenvalue weighted by molar-refractivity contribution is 6.68. The molecule has 3 heteroatoms. The third-order valence-electron chi connectivity index (χ3n) is 3.25. The van der Waals surface area contributed by atoms with E-state index in [1.54, 1.807) is 30.3 Å². The molecule has 0 aliphatic carbocycles. The highest BCUT2D eigenvalue weighted by atomic mass is 35.5. The molecule has 0 aromatic heterocycles. The molecule has 0 atom stereocenters. The van der Waals surface area contributed by atoms with Gasteiger partial charge in [-0.3, -0.25) is 9.59 Å². The minimum absolute atomic E-state index is 0.0898. The fourth-order valence-corrected chi connectivity index (χ4v) is 2.25. The molecular formula is C18H15ClO2. The van der Waals surface area contributed by atoms with Crippen molar-refractivity contribution in [2.24, 2.45) is 0 Å². The van der Waals surface area contributed by atoms with Gasteiger partial charge in [0, 0.05) is 11.1 Å². The van der Waals surface area contributed by atoms with Crippen molar-refractivity contribution in [1.82, 2.24) is 0 Å². The van der Waals surface area contributed by atoms with Gasteiger partial charge in [0.1, 0.15) is 0 Å². The summed E-state index contributed by atoms with van der Waals surface area (Å²) in [6.45, 7) is 3.85. The van der Waals surface area contributed by atoms with Gasteiger partial charge in [0.05, 0.1) is 0 Å². The number of hydrogen-bond donors (Lipinski definition) is 0. The molecule has 0 aliphatic heterocycles. The molecule has 0 bridgehead atoms. The molecule has 0 saturated heterocycles.